The number of carbonyl (C=O) groups excluding carboxylic acids is 1. The minimum absolute atomic E-state index is 0.0658. The Morgan fingerprint density at radius 3 is 3.00 bits per heavy atom. The van der Waals surface area contributed by atoms with Gasteiger partial charge in [-0.25, -0.2) is 0 Å². The second-order valence-corrected chi connectivity index (χ2v) is 3.90. The van der Waals surface area contributed by atoms with Crippen molar-refractivity contribution in [2.24, 2.45) is 0 Å². The molecule has 0 bridgehead atoms. The first-order chi connectivity index (χ1) is 7.77. The third kappa shape index (κ3) is 4.47. The molecule has 1 amide bonds. The molecule has 5 heteroatoms. The minimum Gasteiger partial charge on any atom is -0.382 e. The van der Waals surface area contributed by atoms with E-state index in [2.05, 4.69) is 10.6 Å². The molecule has 1 aliphatic heterocycles. The molecule has 0 aromatic carbocycles. The Balaban J connectivity index is 2.06. The highest BCUT2D eigenvalue weighted by atomic mass is 16.5. The van der Waals surface area contributed by atoms with E-state index >= 15 is 0 Å². The highest BCUT2D eigenvalue weighted by molar-refractivity contribution is 5.82. The molecule has 0 radical (unpaired) electrons. The van der Waals surface area contributed by atoms with Gasteiger partial charge in [0.25, 0.3) is 0 Å². The monoisotopic (exact) mass is 230 g/mol. The predicted octanol–water partition coefficient (Wildman–Crippen LogP) is -0.0939. The fraction of sp³-hybridized carbons (Fsp3) is 0.909. The van der Waals surface area contributed by atoms with Crippen LogP contribution in [0.2, 0.25) is 0 Å². The van der Waals surface area contributed by atoms with Crippen molar-refractivity contribution in [2.45, 2.75) is 31.9 Å². The molecule has 0 aromatic heterocycles. The standard InChI is InChI=1S/C11H22N2O3/c1-3-16-6-4-5-12-11(14)10-7-9(15-2)8-13-10/h9-10,13H,3-8H2,1-2H3,(H,12,14). The second-order valence-electron chi connectivity index (χ2n) is 3.90. The van der Waals surface area contributed by atoms with Gasteiger partial charge in [0.1, 0.15) is 0 Å². The van der Waals surface area contributed by atoms with Crippen molar-refractivity contribution in [1.82, 2.24) is 10.6 Å². The van der Waals surface area contributed by atoms with Crippen molar-refractivity contribution in [3.05, 3.63) is 0 Å². The first-order valence-electron chi connectivity index (χ1n) is 5.89. The lowest BCUT2D eigenvalue weighted by molar-refractivity contribution is -0.123. The molecular weight excluding hydrogens is 208 g/mol. The molecule has 0 aromatic rings. The average molecular weight is 230 g/mol. The zero-order valence-corrected chi connectivity index (χ0v) is 10.1. The maximum atomic E-state index is 11.7. The third-order valence-corrected chi connectivity index (χ3v) is 2.71. The molecule has 2 atom stereocenters. The van der Waals surface area contributed by atoms with Crippen LogP contribution in [0.15, 0.2) is 0 Å². The summed E-state index contributed by atoms with van der Waals surface area (Å²) in [5.74, 6) is 0.0658. The van der Waals surface area contributed by atoms with Gasteiger partial charge in [0.2, 0.25) is 5.91 Å². The van der Waals surface area contributed by atoms with Crippen LogP contribution >= 0.6 is 0 Å². The van der Waals surface area contributed by atoms with Crippen LogP contribution in [0.3, 0.4) is 0 Å². The third-order valence-electron chi connectivity index (χ3n) is 2.71. The number of carbonyl (C=O) groups is 1. The highest BCUT2D eigenvalue weighted by Gasteiger charge is 2.28. The molecule has 1 heterocycles. The van der Waals surface area contributed by atoms with Crippen molar-refractivity contribution in [3.63, 3.8) is 0 Å². The number of nitrogens with one attached hydrogen (secondary N) is 2. The summed E-state index contributed by atoms with van der Waals surface area (Å²) in [5, 5.41) is 6.03. The summed E-state index contributed by atoms with van der Waals surface area (Å²) in [6.45, 7) is 4.83. The predicted molar refractivity (Wildman–Crippen MR) is 61.3 cm³/mol. The lowest BCUT2D eigenvalue weighted by atomic mass is 10.2. The summed E-state index contributed by atoms with van der Waals surface area (Å²) < 4.78 is 10.4. The molecular formula is C11H22N2O3. The van der Waals surface area contributed by atoms with Crippen LogP contribution in [0.25, 0.3) is 0 Å². The first kappa shape index (κ1) is 13.4. The van der Waals surface area contributed by atoms with Crippen molar-refractivity contribution >= 4 is 5.91 Å². The van der Waals surface area contributed by atoms with Crippen LogP contribution < -0.4 is 10.6 Å². The minimum atomic E-state index is -0.1000. The van der Waals surface area contributed by atoms with Gasteiger partial charge in [-0.3, -0.25) is 4.79 Å². The van der Waals surface area contributed by atoms with Crippen LogP contribution in [0.5, 0.6) is 0 Å². The van der Waals surface area contributed by atoms with Crippen molar-refractivity contribution < 1.29 is 14.3 Å². The Bertz CT molecular complexity index is 211. The summed E-state index contributed by atoms with van der Waals surface area (Å²) in [6.07, 6.45) is 1.78. The Morgan fingerprint density at radius 2 is 2.38 bits per heavy atom. The number of amides is 1. The van der Waals surface area contributed by atoms with Gasteiger partial charge in [0.05, 0.1) is 12.1 Å². The van der Waals surface area contributed by atoms with Crippen molar-refractivity contribution in [2.75, 3.05) is 33.4 Å². The second kappa shape index (κ2) is 7.60. The van der Waals surface area contributed by atoms with Crippen LogP contribution in [0.1, 0.15) is 19.8 Å². The number of hydrogen-bond donors (Lipinski definition) is 2. The van der Waals surface area contributed by atoms with Gasteiger partial charge in [-0.2, -0.15) is 0 Å². The van der Waals surface area contributed by atoms with Gasteiger partial charge in [-0.1, -0.05) is 0 Å². The van der Waals surface area contributed by atoms with E-state index < -0.39 is 0 Å². The van der Waals surface area contributed by atoms with Gasteiger partial charge < -0.3 is 20.1 Å². The van der Waals surface area contributed by atoms with E-state index in [4.69, 9.17) is 9.47 Å². The van der Waals surface area contributed by atoms with Gasteiger partial charge in [-0.05, 0) is 19.8 Å². The lowest BCUT2D eigenvalue weighted by Gasteiger charge is -2.11. The van der Waals surface area contributed by atoms with E-state index in [0.29, 0.717) is 13.2 Å². The van der Waals surface area contributed by atoms with E-state index in [0.717, 1.165) is 26.0 Å². The molecule has 2 N–H and O–H groups in total. The van der Waals surface area contributed by atoms with Gasteiger partial charge in [-0.15, -0.1) is 0 Å². The van der Waals surface area contributed by atoms with Crippen LogP contribution in [0, 0.1) is 0 Å². The van der Waals surface area contributed by atoms with Crippen LogP contribution in [-0.4, -0.2) is 51.5 Å². The Kier molecular flexibility index (Phi) is 6.37. The zero-order valence-electron chi connectivity index (χ0n) is 10.1. The Hall–Kier alpha value is -0.650. The summed E-state index contributed by atoms with van der Waals surface area (Å²) >= 11 is 0. The Morgan fingerprint density at radius 1 is 1.56 bits per heavy atom. The fourth-order valence-electron chi connectivity index (χ4n) is 1.74. The normalized spacial score (nSPS) is 24.6. The summed E-state index contributed by atoms with van der Waals surface area (Å²) in [4.78, 5) is 11.7. The van der Waals surface area contributed by atoms with Gasteiger partial charge >= 0.3 is 0 Å². The number of rotatable bonds is 7. The fourth-order valence-corrected chi connectivity index (χ4v) is 1.74. The molecule has 16 heavy (non-hydrogen) atoms. The smallest absolute Gasteiger partial charge is 0.237 e. The highest BCUT2D eigenvalue weighted by Crippen LogP contribution is 2.09. The first-order valence-corrected chi connectivity index (χ1v) is 5.89. The molecule has 0 aliphatic carbocycles. The quantitative estimate of drug-likeness (QED) is 0.600. The van der Waals surface area contributed by atoms with Crippen LogP contribution in [0.4, 0.5) is 0 Å². The number of hydrogen-bond acceptors (Lipinski definition) is 4. The molecule has 1 saturated heterocycles. The zero-order chi connectivity index (χ0) is 11.8. The molecule has 0 spiro atoms. The SMILES string of the molecule is CCOCCCNC(=O)C1CC(OC)CN1. The Labute approximate surface area is 96.9 Å². The number of ether oxygens (including phenoxy) is 2. The molecule has 2 unspecified atom stereocenters. The van der Waals surface area contributed by atoms with E-state index in [1.807, 2.05) is 6.92 Å². The van der Waals surface area contributed by atoms with Crippen molar-refractivity contribution in [3.8, 4) is 0 Å². The van der Waals surface area contributed by atoms with Crippen molar-refractivity contribution in [1.29, 1.82) is 0 Å². The molecule has 1 rings (SSSR count). The number of methoxy groups -OCH3 is 1. The summed E-state index contributed by atoms with van der Waals surface area (Å²) in [7, 11) is 1.68. The molecule has 5 nitrogen and oxygen atoms in total. The maximum Gasteiger partial charge on any atom is 0.237 e. The average Bonchev–Trinajstić information content (AvgIpc) is 2.77. The molecule has 1 fully saturated rings. The van der Waals surface area contributed by atoms with E-state index in [-0.39, 0.29) is 18.1 Å². The summed E-state index contributed by atoms with van der Waals surface area (Å²) in [6, 6.07) is -0.1000. The maximum absolute atomic E-state index is 11.7. The largest absolute Gasteiger partial charge is 0.382 e. The summed E-state index contributed by atoms with van der Waals surface area (Å²) in [5.41, 5.74) is 0. The van der Waals surface area contributed by atoms with E-state index in [1.54, 1.807) is 7.11 Å². The van der Waals surface area contributed by atoms with Crippen LogP contribution in [-0.2, 0) is 14.3 Å². The lowest BCUT2D eigenvalue weighted by Crippen LogP contribution is -2.40. The molecule has 94 valence electrons. The molecule has 0 saturated carbocycles. The van der Waals surface area contributed by atoms with Gasteiger partial charge in [0.15, 0.2) is 0 Å². The van der Waals surface area contributed by atoms with E-state index in [1.165, 1.54) is 0 Å². The topological polar surface area (TPSA) is 59.6 Å². The van der Waals surface area contributed by atoms with E-state index in [9.17, 15) is 4.79 Å². The van der Waals surface area contributed by atoms with Gasteiger partial charge in [0, 0.05) is 33.4 Å². The molecule has 1 aliphatic rings.